The molecule has 0 aromatic heterocycles. The Bertz CT molecular complexity index is 407. The van der Waals surface area contributed by atoms with Crippen LogP contribution in [0.3, 0.4) is 0 Å². The predicted octanol–water partition coefficient (Wildman–Crippen LogP) is 1.14. The molecule has 3 atom stereocenters. The van der Waals surface area contributed by atoms with E-state index in [1.807, 2.05) is 0 Å². The first kappa shape index (κ1) is 8.71. The van der Waals surface area contributed by atoms with Gasteiger partial charge in [-0.3, -0.25) is 4.79 Å². The average Bonchev–Trinajstić information content (AvgIpc) is 2.81. The molecule has 1 saturated heterocycles. The second-order valence-electron chi connectivity index (χ2n) is 4.16. The Balaban J connectivity index is 1.93. The lowest BCUT2D eigenvalue weighted by Crippen LogP contribution is -2.13. The van der Waals surface area contributed by atoms with Crippen molar-refractivity contribution >= 4 is 11.9 Å². The lowest BCUT2D eigenvalue weighted by atomic mass is 9.94. The first-order chi connectivity index (χ1) is 7.20. The van der Waals surface area contributed by atoms with Crippen molar-refractivity contribution in [2.75, 3.05) is 0 Å². The van der Waals surface area contributed by atoms with Crippen molar-refractivity contribution in [3.63, 3.8) is 0 Å². The molecule has 0 aromatic rings. The molecule has 0 N–H and O–H groups in total. The molecular formula is C11H10O4. The third-order valence-corrected chi connectivity index (χ3v) is 3.40. The first-order valence-corrected chi connectivity index (χ1v) is 5.00. The van der Waals surface area contributed by atoms with Crippen molar-refractivity contribution in [3.05, 3.63) is 24.2 Å². The Morgan fingerprint density at radius 3 is 2.93 bits per heavy atom. The third kappa shape index (κ3) is 1.02. The molecule has 4 heteroatoms. The van der Waals surface area contributed by atoms with Crippen LogP contribution in [-0.4, -0.2) is 11.9 Å². The highest BCUT2D eigenvalue weighted by Crippen LogP contribution is 2.56. The Morgan fingerprint density at radius 2 is 2.20 bits per heavy atom. The van der Waals surface area contributed by atoms with Crippen LogP contribution in [-0.2, 0) is 19.1 Å². The zero-order chi connectivity index (χ0) is 10.6. The van der Waals surface area contributed by atoms with Gasteiger partial charge >= 0.3 is 11.9 Å². The van der Waals surface area contributed by atoms with Crippen LogP contribution in [0.25, 0.3) is 0 Å². The number of ether oxygens (including phenoxy) is 2. The number of fused-ring (bicyclic) bond motifs is 1. The van der Waals surface area contributed by atoms with Crippen molar-refractivity contribution in [3.8, 4) is 0 Å². The molecule has 2 aliphatic carbocycles. The molecule has 0 spiro atoms. The van der Waals surface area contributed by atoms with Gasteiger partial charge in [0, 0.05) is 17.9 Å². The number of carbonyl (C=O) groups is 2. The van der Waals surface area contributed by atoms with Crippen molar-refractivity contribution < 1.29 is 19.1 Å². The molecule has 1 heterocycles. The van der Waals surface area contributed by atoms with Crippen LogP contribution in [0, 0.1) is 17.8 Å². The topological polar surface area (TPSA) is 52.6 Å². The molecule has 4 nitrogen and oxygen atoms in total. The largest absolute Gasteiger partial charge is 0.427 e. The monoisotopic (exact) mass is 206 g/mol. The van der Waals surface area contributed by atoms with E-state index in [1.54, 1.807) is 0 Å². The third-order valence-electron chi connectivity index (χ3n) is 3.40. The van der Waals surface area contributed by atoms with Gasteiger partial charge in [0.15, 0.2) is 5.76 Å². The van der Waals surface area contributed by atoms with Gasteiger partial charge in [0.05, 0.1) is 5.92 Å². The molecule has 1 saturated carbocycles. The van der Waals surface area contributed by atoms with Gasteiger partial charge < -0.3 is 9.47 Å². The Labute approximate surface area is 86.5 Å². The van der Waals surface area contributed by atoms with Crippen LogP contribution in [0.15, 0.2) is 24.2 Å². The number of esters is 2. The van der Waals surface area contributed by atoms with Gasteiger partial charge in [-0.1, -0.05) is 6.58 Å². The quantitative estimate of drug-likeness (QED) is 0.502. The first-order valence-electron chi connectivity index (χ1n) is 5.00. The van der Waals surface area contributed by atoms with Gasteiger partial charge in [-0.25, -0.2) is 4.79 Å². The molecule has 0 amide bonds. The summed E-state index contributed by atoms with van der Waals surface area (Å²) in [6.45, 7) is 3.34. The fourth-order valence-electron chi connectivity index (χ4n) is 2.78. The van der Waals surface area contributed by atoms with Crippen molar-refractivity contribution in [1.82, 2.24) is 0 Å². The summed E-state index contributed by atoms with van der Waals surface area (Å²) in [5.41, 5.74) is 0. The molecule has 2 bridgehead atoms. The number of carbonyl (C=O) groups excluding carboxylic acids is 2. The fraction of sp³-hybridized carbons (Fsp3) is 0.455. The molecule has 3 aliphatic rings. The maximum absolute atomic E-state index is 11.4. The summed E-state index contributed by atoms with van der Waals surface area (Å²) in [5, 5.41) is 0. The van der Waals surface area contributed by atoms with E-state index in [-0.39, 0.29) is 23.7 Å². The lowest BCUT2D eigenvalue weighted by molar-refractivity contribution is -0.139. The van der Waals surface area contributed by atoms with E-state index >= 15 is 0 Å². The van der Waals surface area contributed by atoms with Gasteiger partial charge in [-0.15, -0.1) is 0 Å². The molecule has 3 unspecified atom stereocenters. The maximum Gasteiger partial charge on any atom is 0.335 e. The van der Waals surface area contributed by atoms with E-state index in [9.17, 15) is 9.59 Å². The van der Waals surface area contributed by atoms with E-state index in [1.165, 1.54) is 0 Å². The highest BCUT2D eigenvalue weighted by atomic mass is 16.6. The predicted molar refractivity (Wildman–Crippen MR) is 49.1 cm³/mol. The molecule has 15 heavy (non-hydrogen) atoms. The Kier molecular flexibility index (Phi) is 1.58. The smallest absolute Gasteiger partial charge is 0.335 e. The minimum atomic E-state index is -0.482. The van der Waals surface area contributed by atoms with Crippen LogP contribution < -0.4 is 0 Å². The van der Waals surface area contributed by atoms with Crippen LogP contribution in [0.4, 0.5) is 0 Å². The van der Waals surface area contributed by atoms with Crippen molar-refractivity contribution in [1.29, 1.82) is 0 Å². The van der Waals surface area contributed by atoms with E-state index in [0.717, 1.165) is 18.9 Å². The highest BCUT2D eigenvalue weighted by molar-refractivity contribution is 5.83. The van der Waals surface area contributed by atoms with E-state index in [0.29, 0.717) is 11.5 Å². The molecule has 3 rings (SSSR count). The fourth-order valence-corrected chi connectivity index (χ4v) is 2.78. The molecule has 0 radical (unpaired) electrons. The van der Waals surface area contributed by atoms with Gasteiger partial charge in [-0.05, 0) is 12.8 Å². The molecule has 78 valence electrons. The summed E-state index contributed by atoms with van der Waals surface area (Å²) in [6, 6.07) is 0. The van der Waals surface area contributed by atoms with Crippen LogP contribution in [0.5, 0.6) is 0 Å². The minimum absolute atomic E-state index is 0.0104. The van der Waals surface area contributed by atoms with E-state index in [4.69, 9.17) is 9.47 Å². The van der Waals surface area contributed by atoms with Gasteiger partial charge in [-0.2, -0.15) is 0 Å². The minimum Gasteiger partial charge on any atom is -0.427 e. The van der Waals surface area contributed by atoms with E-state index < -0.39 is 5.97 Å². The van der Waals surface area contributed by atoms with Crippen molar-refractivity contribution in [2.24, 2.45) is 17.8 Å². The molecular weight excluding hydrogens is 196 g/mol. The second-order valence-corrected chi connectivity index (χ2v) is 4.16. The van der Waals surface area contributed by atoms with Crippen LogP contribution in [0.2, 0.25) is 0 Å². The van der Waals surface area contributed by atoms with Crippen LogP contribution in [0.1, 0.15) is 12.8 Å². The van der Waals surface area contributed by atoms with E-state index in [2.05, 4.69) is 6.58 Å². The number of rotatable bonds is 2. The SMILES string of the molecule is C=CC(=O)OC1=C2OC(=O)C3CC1CC23. The molecule has 1 aliphatic heterocycles. The van der Waals surface area contributed by atoms with Crippen LogP contribution >= 0.6 is 0 Å². The average molecular weight is 206 g/mol. The summed E-state index contributed by atoms with van der Waals surface area (Å²) in [4.78, 5) is 22.5. The maximum atomic E-state index is 11.4. The number of allylic oxidation sites excluding steroid dienone is 2. The van der Waals surface area contributed by atoms with Gasteiger partial charge in [0.1, 0.15) is 5.76 Å². The standard InChI is InChI=1S/C11H10O4/c1-2-8(12)14-9-5-3-6-7(4-5)11(13)15-10(6)9/h2,5-7H,1,3-4H2. The Hall–Kier alpha value is -1.58. The molecule has 2 fully saturated rings. The summed E-state index contributed by atoms with van der Waals surface area (Å²) in [7, 11) is 0. The lowest BCUT2D eigenvalue weighted by Gasteiger charge is -2.12. The Morgan fingerprint density at radius 1 is 1.47 bits per heavy atom. The number of hydrogen-bond donors (Lipinski definition) is 0. The van der Waals surface area contributed by atoms with Gasteiger partial charge in [0.25, 0.3) is 0 Å². The highest BCUT2D eigenvalue weighted by Gasteiger charge is 2.57. The zero-order valence-corrected chi connectivity index (χ0v) is 8.06. The van der Waals surface area contributed by atoms with Gasteiger partial charge in [0.2, 0.25) is 0 Å². The molecule has 0 aromatic carbocycles. The van der Waals surface area contributed by atoms with Crippen molar-refractivity contribution in [2.45, 2.75) is 12.8 Å². The summed E-state index contributed by atoms with van der Waals surface area (Å²) in [6.07, 6.45) is 2.76. The summed E-state index contributed by atoms with van der Waals surface area (Å²) >= 11 is 0. The number of hydrogen-bond acceptors (Lipinski definition) is 4. The zero-order valence-electron chi connectivity index (χ0n) is 8.06. The normalized spacial score (nSPS) is 35.7. The summed E-state index contributed by atoms with van der Waals surface area (Å²) < 4.78 is 10.2. The summed E-state index contributed by atoms with van der Waals surface area (Å²) in [5.74, 6) is 0.867. The second kappa shape index (κ2) is 2.72.